The first-order valence-electron chi connectivity index (χ1n) is 5.48. The summed E-state index contributed by atoms with van der Waals surface area (Å²) in [4.78, 5) is 22.5. The molecule has 0 aliphatic rings. The Kier molecular flexibility index (Phi) is 3.47. The van der Waals surface area contributed by atoms with Crippen LogP contribution in [0.15, 0.2) is 48.5 Å². The SMILES string of the molecule is O=C(Nc1ccc(C(=O)O)c([O-])c1)c1ccccc1. The number of benzene rings is 2. The first kappa shape index (κ1) is 12.6. The zero-order chi connectivity index (χ0) is 13.8. The van der Waals surface area contributed by atoms with E-state index in [-0.39, 0.29) is 17.2 Å². The van der Waals surface area contributed by atoms with E-state index in [0.717, 1.165) is 6.07 Å². The average molecular weight is 256 g/mol. The fourth-order valence-electron chi connectivity index (χ4n) is 1.57. The van der Waals surface area contributed by atoms with Crippen LogP contribution in [0.25, 0.3) is 0 Å². The molecule has 2 aromatic rings. The lowest BCUT2D eigenvalue weighted by molar-refractivity contribution is -0.268. The molecule has 0 saturated carbocycles. The normalized spacial score (nSPS) is 9.89. The molecule has 0 spiro atoms. The minimum Gasteiger partial charge on any atom is -0.872 e. The van der Waals surface area contributed by atoms with Gasteiger partial charge in [0.2, 0.25) is 0 Å². The number of rotatable bonds is 3. The Hall–Kier alpha value is -2.82. The van der Waals surface area contributed by atoms with E-state index in [1.165, 1.54) is 12.1 Å². The van der Waals surface area contributed by atoms with Crippen LogP contribution in [0.1, 0.15) is 20.7 Å². The van der Waals surface area contributed by atoms with Crippen LogP contribution < -0.4 is 10.4 Å². The number of amides is 1. The van der Waals surface area contributed by atoms with Crippen molar-refractivity contribution >= 4 is 17.6 Å². The van der Waals surface area contributed by atoms with Crippen molar-refractivity contribution in [1.29, 1.82) is 0 Å². The first-order chi connectivity index (χ1) is 9.08. The van der Waals surface area contributed by atoms with Crippen LogP contribution in [0, 0.1) is 0 Å². The van der Waals surface area contributed by atoms with Gasteiger partial charge in [-0.1, -0.05) is 23.9 Å². The quantitative estimate of drug-likeness (QED) is 0.874. The summed E-state index contributed by atoms with van der Waals surface area (Å²) < 4.78 is 0. The second-order valence-corrected chi connectivity index (χ2v) is 3.84. The van der Waals surface area contributed by atoms with Crippen molar-refractivity contribution < 1.29 is 19.8 Å². The molecule has 2 N–H and O–H groups in total. The van der Waals surface area contributed by atoms with Crippen LogP contribution in [0.4, 0.5) is 5.69 Å². The predicted molar refractivity (Wildman–Crippen MR) is 67.2 cm³/mol. The van der Waals surface area contributed by atoms with Crippen LogP contribution in [-0.2, 0) is 0 Å². The molecule has 0 unspecified atom stereocenters. The molecule has 2 aromatic carbocycles. The molecule has 2 rings (SSSR count). The van der Waals surface area contributed by atoms with Crippen molar-refractivity contribution in [3.63, 3.8) is 0 Å². The van der Waals surface area contributed by atoms with Gasteiger partial charge in [-0.2, -0.15) is 0 Å². The third-order valence-electron chi connectivity index (χ3n) is 2.51. The van der Waals surface area contributed by atoms with E-state index in [2.05, 4.69) is 5.32 Å². The van der Waals surface area contributed by atoms with Crippen molar-refractivity contribution in [3.8, 4) is 5.75 Å². The summed E-state index contributed by atoms with van der Waals surface area (Å²) in [5.74, 6) is -2.28. The molecule has 96 valence electrons. The molecule has 0 fully saturated rings. The molecule has 0 heterocycles. The van der Waals surface area contributed by atoms with E-state index >= 15 is 0 Å². The molecule has 5 heteroatoms. The largest absolute Gasteiger partial charge is 0.872 e. The summed E-state index contributed by atoms with van der Waals surface area (Å²) in [5, 5.41) is 22.7. The van der Waals surface area contributed by atoms with Crippen LogP contribution in [0.3, 0.4) is 0 Å². The number of anilines is 1. The van der Waals surface area contributed by atoms with E-state index in [0.29, 0.717) is 5.56 Å². The van der Waals surface area contributed by atoms with Gasteiger partial charge in [0.1, 0.15) is 0 Å². The molecule has 0 atom stereocenters. The fraction of sp³-hybridized carbons (Fsp3) is 0. The predicted octanol–water partition coefficient (Wildman–Crippen LogP) is 1.71. The second-order valence-electron chi connectivity index (χ2n) is 3.84. The third-order valence-corrected chi connectivity index (χ3v) is 2.51. The number of carboxylic acids is 1. The number of aromatic carboxylic acids is 1. The molecular formula is C14H10NO4-. The van der Waals surface area contributed by atoms with Gasteiger partial charge >= 0.3 is 5.97 Å². The monoisotopic (exact) mass is 256 g/mol. The van der Waals surface area contributed by atoms with E-state index in [9.17, 15) is 14.7 Å². The lowest BCUT2D eigenvalue weighted by Gasteiger charge is -2.12. The maximum absolute atomic E-state index is 11.8. The fourth-order valence-corrected chi connectivity index (χ4v) is 1.57. The van der Waals surface area contributed by atoms with E-state index < -0.39 is 11.7 Å². The minimum atomic E-state index is -1.29. The van der Waals surface area contributed by atoms with Gasteiger partial charge in [0, 0.05) is 11.3 Å². The van der Waals surface area contributed by atoms with E-state index in [1.54, 1.807) is 30.3 Å². The van der Waals surface area contributed by atoms with Gasteiger partial charge in [-0.05, 0) is 30.3 Å². The Morgan fingerprint density at radius 2 is 1.74 bits per heavy atom. The van der Waals surface area contributed by atoms with Gasteiger partial charge in [0.25, 0.3) is 5.91 Å². The molecule has 0 aliphatic carbocycles. The van der Waals surface area contributed by atoms with Crippen molar-refractivity contribution in [2.45, 2.75) is 0 Å². The van der Waals surface area contributed by atoms with Crippen LogP contribution in [0.2, 0.25) is 0 Å². The molecular weight excluding hydrogens is 246 g/mol. The summed E-state index contributed by atoms with van der Waals surface area (Å²) in [7, 11) is 0. The molecule has 1 amide bonds. The smallest absolute Gasteiger partial charge is 0.335 e. The van der Waals surface area contributed by atoms with Crippen molar-refractivity contribution in [3.05, 3.63) is 59.7 Å². The number of hydrogen-bond donors (Lipinski definition) is 2. The Morgan fingerprint density at radius 1 is 1.05 bits per heavy atom. The van der Waals surface area contributed by atoms with Gasteiger partial charge in [0.15, 0.2) is 0 Å². The van der Waals surface area contributed by atoms with Gasteiger partial charge in [-0.3, -0.25) is 4.79 Å². The number of nitrogens with one attached hydrogen (secondary N) is 1. The summed E-state index contributed by atoms with van der Waals surface area (Å²) in [6, 6.07) is 12.1. The number of carbonyl (C=O) groups excluding carboxylic acids is 1. The first-order valence-corrected chi connectivity index (χ1v) is 5.48. The molecule has 5 nitrogen and oxygen atoms in total. The molecule has 0 saturated heterocycles. The molecule has 0 bridgehead atoms. The second kappa shape index (κ2) is 5.22. The van der Waals surface area contributed by atoms with Crippen LogP contribution in [-0.4, -0.2) is 17.0 Å². The molecule has 0 aliphatic heterocycles. The lowest BCUT2D eigenvalue weighted by atomic mass is 10.1. The Balaban J connectivity index is 2.19. The lowest BCUT2D eigenvalue weighted by Crippen LogP contribution is -2.12. The van der Waals surface area contributed by atoms with Crippen molar-refractivity contribution in [2.24, 2.45) is 0 Å². The topological polar surface area (TPSA) is 89.5 Å². The van der Waals surface area contributed by atoms with E-state index in [1.807, 2.05) is 0 Å². The van der Waals surface area contributed by atoms with Gasteiger partial charge in [-0.15, -0.1) is 0 Å². The highest BCUT2D eigenvalue weighted by Crippen LogP contribution is 2.20. The highest BCUT2D eigenvalue weighted by Gasteiger charge is 2.07. The van der Waals surface area contributed by atoms with Crippen LogP contribution in [0.5, 0.6) is 5.75 Å². The standard InChI is InChI=1S/C14H11NO4/c16-12-8-10(6-7-11(12)14(18)19)15-13(17)9-4-2-1-3-5-9/h1-8,16H,(H,15,17)(H,18,19)/p-1. The summed E-state index contributed by atoms with van der Waals surface area (Å²) in [5.41, 5.74) is 0.402. The Morgan fingerprint density at radius 3 is 2.32 bits per heavy atom. The summed E-state index contributed by atoms with van der Waals surface area (Å²) in [6.45, 7) is 0. The Bertz CT molecular complexity index is 623. The maximum atomic E-state index is 11.8. The third kappa shape index (κ3) is 2.90. The van der Waals surface area contributed by atoms with Gasteiger partial charge in [-0.25, -0.2) is 4.79 Å². The van der Waals surface area contributed by atoms with Crippen molar-refractivity contribution in [1.82, 2.24) is 0 Å². The number of hydrogen-bond acceptors (Lipinski definition) is 3. The summed E-state index contributed by atoms with van der Waals surface area (Å²) in [6.07, 6.45) is 0. The Labute approximate surface area is 109 Å². The average Bonchev–Trinajstić information content (AvgIpc) is 2.39. The van der Waals surface area contributed by atoms with Crippen LogP contribution >= 0.6 is 0 Å². The molecule has 19 heavy (non-hydrogen) atoms. The zero-order valence-corrected chi connectivity index (χ0v) is 9.79. The van der Waals surface area contributed by atoms with Gasteiger partial charge < -0.3 is 15.5 Å². The molecule has 0 aromatic heterocycles. The van der Waals surface area contributed by atoms with E-state index in [4.69, 9.17) is 5.11 Å². The van der Waals surface area contributed by atoms with Crippen molar-refractivity contribution in [2.75, 3.05) is 5.32 Å². The molecule has 0 radical (unpaired) electrons. The summed E-state index contributed by atoms with van der Waals surface area (Å²) >= 11 is 0. The number of carbonyl (C=O) groups is 2. The minimum absolute atomic E-state index is 0.267. The highest BCUT2D eigenvalue weighted by atomic mass is 16.4. The number of carboxylic acid groups (broad SMARTS) is 1. The van der Waals surface area contributed by atoms with Gasteiger partial charge in [0.05, 0.1) is 5.56 Å². The highest BCUT2D eigenvalue weighted by molar-refractivity contribution is 6.04. The maximum Gasteiger partial charge on any atom is 0.335 e. The zero-order valence-electron chi connectivity index (χ0n) is 9.79.